The second kappa shape index (κ2) is 6.82. The summed E-state index contributed by atoms with van der Waals surface area (Å²) in [5.41, 5.74) is 1.84. The third-order valence-corrected chi connectivity index (χ3v) is 2.85. The minimum absolute atomic E-state index is 0.219. The SMILES string of the molecule is C=C/C(Br)=C(C)\C=C(/C)C(=O)CBC. The van der Waals surface area contributed by atoms with Crippen LogP contribution in [0.3, 0.4) is 0 Å². The molecule has 0 heterocycles. The predicted octanol–water partition coefficient (Wildman–Crippen LogP) is 3.26. The molecular formula is C11H16BBrO. The van der Waals surface area contributed by atoms with E-state index in [1.165, 1.54) is 0 Å². The second-order valence-electron chi connectivity index (χ2n) is 3.24. The average Bonchev–Trinajstić information content (AvgIpc) is 2.16. The summed E-state index contributed by atoms with van der Waals surface area (Å²) in [4.78, 5) is 11.5. The highest BCUT2D eigenvalue weighted by Gasteiger charge is 2.03. The van der Waals surface area contributed by atoms with Crippen LogP contribution in [0.25, 0.3) is 0 Å². The summed E-state index contributed by atoms with van der Waals surface area (Å²) in [7, 11) is 0.898. The summed E-state index contributed by atoms with van der Waals surface area (Å²) in [6, 6.07) is 0. The number of carbonyl (C=O) groups is 1. The number of hydrogen-bond acceptors (Lipinski definition) is 1. The van der Waals surface area contributed by atoms with E-state index in [0.29, 0.717) is 6.32 Å². The monoisotopic (exact) mass is 254 g/mol. The van der Waals surface area contributed by atoms with Crippen LogP contribution in [0.15, 0.2) is 34.4 Å². The fraction of sp³-hybridized carbons (Fsp3) is 0.364. The van der Waals surface area contributed by atoms with Crippen molar-refractivity contribution in [2.75, 3.05) is 0 Å². The van der Waals surface area contributed by atoms with Gasteiger partial charge in [-0.1, -0.05) is 41.5 Å². The third kappa shape index (κ3) is 4.61. The molecule has 0 aromatic carbocycles. The lowest BCUT2D eigenvalue weighted by Gasteiger charge is -2.00. The second-order valence-corrected chi connectivity index (χ2v) is 4.09. The molecule has 0 aromatic heterocycles. The molecule has 0 unspecified atom stereocenters. The Morgan fingerprint density at radius 2 is 2.07 bits per heavy atom. The molecule has 0 fully saturated rings. The molecule has 0 radical (unpaired) electrons. The van der Waals surface area contributed by atoms with Crippen LogP contribution in [0.4, 0.5) is 0 Å². The number of hydrogen-bond donors (Lipinski definition) is 0. The van der Waals surface area contributed by atoms with E-state index in [0.717, 1.165) is 22.9 Å². The number of carbonyl (C=O) groups excluding carboxylic acids is 1. The van der Waals surface area contributed by atoms with Gasteiger partial charge in [0, 0.05) is 4.48 Å². The summed E-state index contributed by atoms with van der Waals surface area (Å²) in [5.74, 6) is 0.219. The van der Waals surface area contributed by atoms with E-state index in [-0.39, 0.29) is 5.78 Å². The fourth-order valence-electron chi connectivity index (χ4n) is 1.06. The van der Waals surface area contributed by atoms with Crippen molar-refractivity contribution in [3.63, 3.8) is 0 Å². The molecular weight excluding hydrogens is 239 g/mol. The van der Waals surface area contributed by atoms with Gasteiger partial charge in [0.15, 0.2) is 5.78 Å². The Hall–Kier alpha value is -0.565. The van der Waals surface area contributed by atoms with Gasteiger partial charge in [0.2, 0.25) is 0 Å². The highest BCUT2D eigenvalue weighted by Crippen LogP contribution is 2.15. The van der Waals surface area contributed by atoms with Gasteiger partial charge in [-0.2, -0.15) is 0 Å². The van der Waals surface area contributed by atoms with Crippen molar-refractivity contribution in [1.82, 2.24) is 0 Å². The topological polar surface area (TPSA) is 17.1 Å². The molecule has 3 heteroatoms. The number of Topliss-reactive ketones (excluding diaryl/α,β-unsaturated/α-hetero) is 1. The van der Waals surface area contributed by atoms with E-state index in [1.807, 2.05) is 26.7 Å². The van der Waals surface area contributed by atoms with Gasteiger partial charge in [0.1, 0.15) is 7.28 Å². The summed E-state index contributed by atoms with van der Waals surface area (Å²) >= 11 is 3.36. The minimum atomic E-state index is 0.219. The van der Waals surface area contributed by atoms with Crippen LogP contribution >= 0.6 is 15.9 Å². The van der Waals surface area contributed by atoms with Gasteiger partial charge in [-0.3, -0.25) is 4.79 Å². The first-order valence-corrected chi connectivity index (χ1v) is 5.52. The van der Waals surface area contributed by atoms with Gasteiger partial charge in [0.25, 0.3) is 0 Å². The Kier molecular flexibility index (Phi) is 6.55. The first-order chi connectivity index (χ1) is 6.52. The highest BCUT2D eigenvalue weighted by atomic mass is 79.9. The predicted molar refractivity (Wildman–Crippen MR) is 68.4 cm³/mol. The molecule has 0 rings (SSSR count). The quantitative estimate of drug-likeness (QED) is 0.418. The van der Waals surface area contributed by atoms with Crippen LogP contribution in [0.2, 0.25) is 13.1 Å². The van der Waals surface area contributed by atoms with Crippen molar-refractivity contribution in [3.8, 4) is 0 Å². The zero-order chi connectivity index (χ0) is 11.1. The van der Waals surface area contributed by atoms with E-state index >= 15 is 0 Å². The molecule has 0 aromatic rings. The molecule has 0 saturated carbocycles. The summed E-state index contributed by atoms with van der Waals surface area (Å²) in [6.07, 6.45) is 4.24. The fourth-order valence-corrected chi connectivity index (χ4v) is 1.17. The van der Waals surface area contributed by atoms with E-state index in [4.69, 9.17) is 0 Å². The zero-order valence-electron chi connectivity index (χ0n) is 9.06. The lowest BCUT2D eigenvalue weighted by atomic mass is 9.75. The smallest absolute Gasteiger partial charge is 0.151 e. The molecule has 76 valence electrons. The molecule has 0 amide bonds. The van der Waals surface area contributed by atoms with E-state index in [2.05, 4.69) is 22.5 Å². The van der Waals surface area contributed by atoms with E-state index < -0.39 is 0 Å². The zero-order valence-corrected chi connectivity index (χ0v) is 10.6. The molecule has 1 nitrogen and oxygen atoms in total. The van der Waals surface area contributed by atoms with Gasteiger partial charge in [-0.05, 0) is 31.3 Å². The molecule has 0 aliphatic carbocycles. The molecule has 0 atom stereocenters. The maximum Gasteiger partial charge on any atom is 0.151 e. The molecule has 0 bridgehead atoms. The Morgan fingerprint density at radius 3 is 2.50 bits per heavy atom. The van der Waals surface area contributed by atoms with Gasteiger partial charge >= 0.3 is 0 Å². The summed E-state index contributed by atoms with van der Waals surface area (Å²) in [6.45, 7) is 9.46. The van der Waals surface area contributed by atoms with Crippen molar-refractivity contribution in [3.05, 3.63) is 34.4 Å². The van der Waals surface area contributed by atoms with E-state index in [9.17, 15) is 4.79 Å². The number of rotatable bonds is 5. The molecule has 0 N–H and O–H groups in total. The van der Waals surface area contributed by atoms with Crippen LogP contribution in [0, 0.1) is 0 Å². The van der Waals surface area contributed by atoms with Crippen molar-refractivity contribution in [2.45, 2.75) is 27.0 Å². The molecule has 0 aliphatic rings. The molecule has 0 spiro atoms. The average molecular weight is 255 g/mol. The van der Waals surface area contributed by atoms with Gasteiger partial charge in [0.05, 0.1) is 0 Å². The molecule has 0 aliphatic heterocycles. The molecule has 0 saturated heterocycles. The standard InChI is InChI=1S/C11H16BBrO/c1-5-10(13)8(2)6-9(3)11(14)7-12-4/h5-6,12H,1,7H2,2-4H3/b9-6+,10-8+. The van der Waals surface area contributed by atoms with Crippen LogP contribution in [0.5, 0.6) is 0 Å². The van der Waals surface area contributed by atoms with E-state index in [1.54, 1.807) is 6.08 Å². The third-order valence-electron chi connectivity index (χ3n) is 1.91. The highest BCUT2D eigenvalue weighted by molar-refractivity contribution is 9.11. The summed E-state index contributed by atoms with van der Waals surface area (Å²) < 4.78 is 0.932. The number of allylic oxidation sites excluding steroid dienone is 5. The van der Waals surface area contributed by atoms with Crippen LogP contribution in [-0.4, -0.2) is 13.1 Å². The van der Waals surface area contributed by atoms with Gasteiger partial charge < -0.3 is 0 Å². The lowest BCUT2D eigenvalue weighted by Crippen LogP contribution is -2.01. The van der Waals surface area contributed by atoms with Gasteiger partial charge in [-0.15, -0.1) is 0 Å². The number of halogens is 1. The van der Waals surface area contributed by atoms with Crippen LogP contribution in [-0.2, 0) is 4.79 Å². The maximum atomic E-state index is 11.5. The normalized spacial score (nSPS) is 13.3. The maximum absolute atomic E-state index is 11.5. The van der Waals surface area contributed by atoms with Crippen molar-refractivity contribution in [2.24, 2.45) is 0 Å². The van der Waals surface area contributed by atoms with Crippen LogP contribution < -0.4 is 0 Å². The first-order valence-electron chi connectivity index (χ1n) is 4.73. The Bertz CT molecular complexity index is 290. The molecule has 14 heavy (non-hydrogen) atoms. The Labute approximate surface area is 95.3 Å². The minimum Gasteiger partial charge on any atom is -0.295 e. The number of ketones is 1. The van der Waals surface area contributed by atoms with Crippen molar-refractivity contribution < 1.29 is 4.79 Å². The van der Waals surface area contributed by atoms with Crippen molar-refractivity contribution >= 4 is 29.0 Å². The summed E-state index contributed by atoms with van der Waals surface area (Å²) in [5, 5.41) is 0. The first kappa shape index (κ1) is 13.4. The Morgan fingerprint density at radius 1 is 1.50 bits per heavy atom. The van der Waals surface area contributed by atoms with Crippen molar-refractivity contribution in [1.29, 1.82) is 0 Å². The lowest BCUT2D eigenvalue weighted by molar-refractivity contribution is -0.113. The largest absolute Gasteiger partial charge is 0.295 e. The van der Waals surface area contributed by atoms with Crippen LogP contribution in [0.1, 0.15) is 13.8 Å². The Balaban J connectivity index is 4.67. The van der Waals surface area contributed by atoms with Gasteiger partial charge in [-0.25, -0.2) is 0 Å².